The number of aromatic hydroxyl groups is 1. The number of phenols is 1. The van der Waals surface area contributed by atoms with Crippen molar-refractivity contribution in [3.05, 3.63) is 59.7 Å². The molecule has 1 aliphatic heterocycles. The highest BCUT2D eigenvalue weighted by molar-refractivity contribution is 5.94. The smallest absolute Gasteiger partial charge is 0.254 e. The summed E-state index contributed by atoms with van der Waals surface area (Å²) in [6, 6.07) is 14.4. The van der Waals surface area contributed by atoms with Crippen molar-refractivity contribution < 1.29 is 9.90 Å². The Morgan fingerprint density at radius 1 is 1.04 bits per heavy atom. The van der Waals surface area contributed by atoms with E-state index < -0.39 is 0 Å². The fourth-order valence-electron chi connectivity index (χ4n) is 2.88. The van der Waals surface area contributed by atoms with Gasteiger partial charge in [-0.3, -0.25) is 9.69 Å². The molecule has 120 valence electrons. The second-order valence-corrected chi connectivity index (χ2v) is 5.86. The van der Waals surface area contributed by atoms with Crippen LogP contribution in [0.4, 0.5) is 5.69 Å². The van der Waals surface area contributed by atoms with Crippen LogP contribution < -0.4 is 5.73 Å². The topological polar surface area (TPSA) is 69.8 Å². The standard InChI is InChI=1S/C18H21N3O2/c19-16-5-1-3-14(11-16)13-20-7-9-21(10-8-20)18(23)15-4-2-6-17(22)12-15/h1-6,11-12,22H,7-10,13,19H2. The number of rotatable bonds is 3. The summed E-state index contributed by atoms with van der Waals surface area (Å²) in [5.41, 5.74) is 8.32. The van der Waals surface area contributed by atoms with Crippen LogP contribution in [-0.2, 0) is 6.54 Å². The Labute approximate surface area is 135 Å². The first kappa shape index (κ1) is 15.4. The highest BCUT2D eigenvalue weighted by Gasteiger charge is 2.22. The van der Waals surface area contributed by atoms with Gasteiger partial charge in [0.05, 0.1) is 0 Å². The molecule has 1 fully saturated rings. The zero-order chi connectivity index (χ0) is 16.2. The van der Waals surface area contributed by atoms with E-state index in [1.165, 1.54) is 11.6 Å². The van der Waals surface area contributed by atoms with E-state index in [0.29, 0.717) is 18.7 Å². The van der Waals surface area contributed by atoms with Crippen LogP contribution in [0.15, 0.2) is 48.5 Å². The lowest BCUT2D eigenvalue weighted by Gasteiger charge is -2.34. The van der Waals surface area contributed by atoms with Crippen molar-refractivity contribution in [1.29, 1.82) is 0 Å². The zero-order valence-electron chi connectivity index (χ0n) is 13.0. The van der Waals surface area contributed by atoms with Gasteiger partial charge in [-0.15, -0.1) is 0 Å². The number of nitrogen functional groups attached to an aromatic ring is 1. The molecule has 3 rings (SSSR count). The van der Waals surface area contributed by atoms with Crippen molar-refractivity contribution in [2.24, 2.45) is 0 Å². The molecule has 23 heavy (non-hydrogen) atoms. The van der Waals surface area contributed by atoms with Gasteiger partial charge < -0.3 is 15.7 Å². The summed E-state index contributed by atoms with van der Waals surface area (Å²) in [5, 5.41) is 9.50. The first-order chi connectivity index (χ1) is 11.1. The number of amides is 1. The van der Waals surface area contributed by atoms with Gasteiger partial charge in [0.2, 0.25) is 0 Å². The van der Waals surface area contributed by atoms with Crippen LogP contribution >= 0.6 is 0 Å². The van der Waals surface area contributed by atoms with Gasteiger partial charge in [-0.1, -0.05) is 18.2 Å². The van der Waals surface area contributed by atoms with Crippen LogP contribution in [0.3, 0.4) is 0 Å². The van der Waals surface area contributed by atoms with E-state index >= 15 is 0 Å². The van der Waals surface area contributed by atoms with E-state index in [1.54, 1.807) is 18.2 Å². The minimum atomic E-state index is -0.0236. The lowest BCUT2D eigenvalue weighted by molar-refractivity contribution is 0.0628. The third-order valence-corrected chi connectivity index (χ3v) is 4.11. The van der Waals surface area contributed by atoms with Gasteiger partial charge in [-0.2, -0.15) is 0 Å². The third kappa shape index (κ3) is 3.81. The average Bonchev–Trinajstić information content (AvgIpc) is 2.55. The van der Waals surface area contributed by atoms with E-state index in [4.69, 9.17) is 5.73 Å². The van der Waals surface area contributed by atoms with Crippen molar-refractivity contribution in [3.63, 3.8) is 0 Å². The number of piperazine rings is 1. The maximum absolute atomic E-state index is 12.4. The van der Waals surface area contributed by atoms with Crippen LogP contribution in [0.5, 0.6) is 5.75 Å². The Kier molecular flexibility index (Phi) is 4.48. The SMILES string of the molecule is Nc1cccc(CN2CCN(C(=O)c3cccc(O)c3)CC2)c1. The van der Waals surface area contributed by atoms with Crippen LogP contribution in [0, 0.1) is 0 Å². The molecule has 1 aliphatic rings. The molecule has 3 N–H and O–H groups in total. The van der Waals surface area contributed by atoms with E-state index in [-0.39, 0.29) is 11.7 Å². The third-order valence-electron chi connectivity index (χ3n) is 4.11. The molecule has 0 saturated carbocycles. The lowest BCUT2D eigenvalue weighted by Crippen LogP contribution is -2.48. The fourth-order valence-corrected chi connectivity index (χ4v) is 2.88. The Morgan fingerprint density at radius 2 is 1.78 bits per heavy atom. The monoisotopic (exact) mass is 311 g/mol. The molecule has 0 bridgehead atoms. The summed E-state index contributed by atoms with van der Waals surface area (Å²) in [6.45, 7) is 3.89. The van der Waals surface area contributed by atoms with Crippen molar-refractivity contribution in [3.8, 4) is 5.75 Å². The molecule has 0 atom stereocenters. The van der Waals surface area contributed by atoms with E-state index in [1.807, 2.05) is 23.1 Å². The molecule has 0 aromatic heterocycles. The maximum atomic E-state index is 12.4. The Balaban J connectivity index is 1.57. The normalized spacial score (nSPS) is 15.6. The largest absolute Gasteiger partial charge is 0.508 e. The number of carbonyl (C=O) groups excluding carboxylic acids is 1. The van der Waals surface area contributed by atoms with Crippen molar-refractivity contribution in [1.82, 2.24) is 9.80 Å². The highest BCUT2D eigenvalue weighted by atomic mass is 16.3. The summed E-state index contributed by atoms with van der Waals surface area (Å²) in [6.07, 6.45) is 0. The minimum absolute atomic E-state index is 0.0236. The number of nitrogens with two attached hydrogens (primary N) is 1. The number of carbonyl (C=O) groups is 1. The quantitative estimate of drug-likeness (QED) is 0.850. The number of phenolic OH excluding ortho intramolecular Hbond substituents is 1. The van der Waals surface area contributed by atoms with Crippen molar-refractivity contribution >= 4 is 11.6 Å². The molecule has 2 aromatic carbocycles. The van der Waals surface area contributed by atoms with Crippen molar-refractivity contribution in [2.75, 3.05) is 31.9 Å². The number of nitrogens with zero attached hydrogens (tertiary/aromatic N) is 2. The molecule has 0 aliphatic carbocycles. The van der Waals surface area contributed by atoms with Crippen molar-refractivity contribution in [2.45, 2.75) is 6.54 Å². The first-order valence-corrected chi connectivity index (χ1v) is 7.77. The van der Waals surface area contributed by atoms with Gasteiger partial charge in [0.25, 0.3) is 5.91 Å². The van der Waals surface area contributed by atoms with Gasteiger partial charge in [0.1, 0.15) is 5.75 Å². The molecule has 5 heteroatoms. The number of hydrogen-bond acceptors (Lipinski definition) is 4. The Bertz CT molecular complexity index is 694. The van der Waals surface area contributed by atoms with Gasteiger partial charge >= 0.3 is 0 Å². The van der Waals surface area contributed by atoms with Gasteiger partial charge in [0, 0.05) is 44.0 Å². The number of hydrogen-bond donors (Lipinski definition) is 2. The zero-order valence-corrected chi connectivity index (χ0v) is 13.0. The Morgan fingerprint density at radius 3 is 2.48 bits per heavy atom. The molecule has 1 amide bonds. The summed E-state index contributed by atoms with van der Waals surface area (Å²) in [7, 11) is 0. The predicted molar refractivity (Wildman–Crippen MR) is 90.1 cm³/mol. The second-order valence-electron chi connectivity index (χ2n) is 5.86. The molecule has 0 spiro atoms. The van der Waals surface area contributed by atoms with Gasteiger partial charge in [-0.25, -0.2) is 0 Å². The molecule has 5 nitrogen and oxygen atoms in total. The molecular formula is C18H21N3O2. The highest BCUT2D eigenvalue weighted by Crippen LogP contribution is 2.16. The molecule has 2 aromatic rings. The minimum Gasteiger partial charge on any atom is -0.508 e. The van der Waals surface area contributed by atoms with Gasteiger partial charge in [-0.05, 0) is 35.9 Å². The summed E-state index contributed by atoms with van der Waals surface area (Å²) < 4.78 is 0. The predicted octanol–water partition coefficient (Wildman–Crippen LogP) is 1.93. The summed E-state index contributed by atoms with van der Waals surface area (Å²) >= 11 is 0. The molecule has 0 radical (unpaired) electrons. The molecule has 1 saturated heterocycles. The molecule has 0 unspecified atom stereocenters. The van der Waals surface area contributed by atoms with Crippen LogP contribution in [0.1, 0.15) is 15.9 Å². The van der Waals surface area contributed by atoms with E-state index in [2.05, 4.69) is 11.0 Å². The molecular weight excluding hydrogens is 290 g/mol. The van der Waals surface area contributed by atoms with Crippen LogP contribution in [-0.4, -0.2) is 47.0 Å². The van der Waals surface area contributed by atoms with Crippen LogP contribution in [0.2, 0.25) is 0 Å². The Hall–Kier alpha value is -2.53. The number of anilines is 1. The summed E-state index contributed by atoms with van der Waals surface area (Å²) in [4.78, 5) is 16.6. The van der Waals surface area contributed by atoms with Crippen LogP contribution in [0.25, 0.3) is 0 Å². The second kappa shape index (κ2) is 6.71. The van der Waals surface area contributed by atoms with E-state index in [0.717, 1.165) is 25.3 Å². The fraction of sp³-hybridized carbons (Fsp3) is 0.278. The maximum Gasteiger partial charge on any atom is 0.254 e. The lowest BCUT2D eigenvalue weighted by atomic mass is 10.1. The molecule has 1 heterocycles. The number of benzene rings is 2. The summed E-state index contributed by atoms with van der Waals surface area (Å²) in [5.74, 6) is 0.0978. The average molecular weight is 311 g/mol. The van der Waals surface area contributed by atoms with E-state index in [9.17, 15) is 9.90 Å². The van der Waals surface area contributed by atoms with Gasteiger partial charge in [0.15, 0.2) is 0 Å². The first-order valence-electron chi connectivity index (χ1n) is 7.77.